The molecule has 0 rings (SSSR count). The Labute approximate surface area is 73.9 Å². The molecule has 0 atom stereocenters. The van der Waals surface area contributed by atoms with E-state index in [1.54, 1.807) is 0 Å². The fourth-order valence-electron chi connectivity index (χ4n) is 0.790. The predicted molar refractivity (Wildman–Crippen MR) is 48.7 cm³/mol. The highest BCUT2D eigenvalue weighted by Gasteiger charge is 2.14. The summed E-state index contributed by atoms with van der Waals surface area (Å²) >= 11 is 0. The molecule has 0 unspecified atom stereocenters. The molecule has 68 valence electrons. The SMILES string of the molecule is C=C=C(C(=O)OC(C)C)C(C)C. The molecule has 12 heavy (non-hydrogen) atoms. The highest BCUT2D eigenvalue weighted by atomic mass is 16.5. The summed E-state index contributed by atoms with van der Waals surface area (Å²) in [4.78, 5) is 11.3. The molecule has 0 N–H and O–H groups in total. The van der Waals surface area contributed by atoms with Gasteiger partial charge in [-0.1, -0.05) is 20.4 Å². The molecule has 0 aromatic heterocycles. The van der Waals surface area contributed by atoms with E-state index in [-0.39, 0.29) is 18.0 Å². The number of ether oxygens (including phenoxy) is 1. The molecule has 0 spiro atoms. The number of rotatable bonds is 3. The zero-order valence-electron chi connectivity index (χ0n) is 8.18. The molecule has 0 radical (unpaired) electrons. The van der Waals surface area contributed by atoms with E-state index in [9.17, 15) is 4.79 Å². The van der Waals surface area contributed by atoms with Gasteiger partial charge in [-0.2, -0.15) is 0 Å². The van der Waals surface area contributed by atoms with Gasteiger partial charge < -0.3 is 4.74 Å². The molecule has 2 heteroatoms. The first-order valence-corrected chi connectivity index (χ1v) is 4.10. The predicted octanol–water partition coefficient (Wildman–Crippen LogP) is 2.31. The molecule has 0 heterocycles. The van der Waals surface area contributed by atoms with E-state index in [0.717, 1.165) is 0 Å². The molecule has 0 aromatic rings. The maximum atomic E-state index is 11.3. The van der Waals surface area contributed by atoms with Crippen LogP contribution < -0.4 is 0 Å². The van der Waals surface area contributed by atoms with Crippen LogP contribution in [-0.2, 0) is 9.53 Å². The first-order chi connectivity index (χ1) is 5.49. The first kappa shape index (κ1) is 11.0. The second kappa shape index (κ2) is 4.78. The molecule has 0 aliphatic carbocycles. The third-order valence-corrected chi connectivity index (χ3v) is 1.33. The van der Waals surface area contributed by atoms with Crippen molar-refractivity contribution in [1.29, 1.82) is 0 Å². The van der Waals surface area contributed by atoms with E-state index in [2.05, 4.69) is 12.3 Å². The van der Waals surface area contributed by atoms with Crippen LogP contribution in [0.25, 0.3) is 0 Å². The van der Waals surface area contributed by atoms with E-state index in [4.69, 9.17) is 4.74 Å². The standard InChI is InChI=1S/C10H16O2/c1-6-9(7(2)3)10(11)12-8(4)5/h7-8H,1H2,2-5H3. The number of esters is 1. The van der Waals surface area contributed by atoms with Crippen LogP contribution in [-0.4, -0.2) is 12.1 Å². The van der Waals surface area contributed by atoms with Crippen molar-refractivity contribution >= 4 is 5.97 Å². The number of hydrogen-bond acceptors (Lipinski definition) is 2. The van der Waals surface area contributed by atoms with Gasteiger partial charge in [0.15, 0.2) is 0 Å². The topological polar surface area (TPSA) is 26.3 Å². The Morgan fingerprint density at radius 1 is 1.33 bits per heavy atom. The van der Waals surface area contributed by atoms with Gasteiger partial charge in [0.25, 0.3) is 0 Å². The Morgan fingerprint density at radius 3 is 2.08 bits per heavy atom. The van der Waals surface area contributed by atoms with Gasteiger partial charge in [-0.3, -0.25) is 0 Å². The van der Waals surface area contributed by atoms with Crippen molar-refractivity contribution in [2.75, 3.05) is 0 Å². The molecule has 0 saturated carbocycles. The van der Waals surface area contributed by atoms with Crippen molar-refractivity contribution in [1.82, 2.24) is 0 Å². The Morgan fingerprint density at radius 2 is 1.83 bits per heavy atom. The van der Waals surface area contributed by atoms with E-state index < -0.39 is 0 Å². The van der Waals surface area contributed by atoms with Gasteiger partial charge in [0, 0.05) is 0 Å². The van der Waals surface area contributed by atoms with E-state index in [1.165, 1.54) is 0 Å². The van der Waals surface area contributed by atoms with Crippen LogP contribution >= 0.6 is 0 Å². The lowest BCUT2D eigenvalue weighted by Crippen LogP contribution is -2.16. The molecule has 0 amide bonds. The molecule has 0 aliphatic heterocycles. The Hall–Kier alpha value is -1.01. The van der Waals surface area contributed by atoms with Crippen LogP contribution in [0.5, 0.6) is 0 Å². The highest BCUT2D eigenvalue weighted by molar-refractivity contribution is 5.88. The van der Waals surface area contributed by atoms with Gasteiger partial charge in [0.2, 0.25) is 0 Å². The normalized spacial score (nSPS) is 9.83. The zero-order chi connectivity index (χ0) is 9.72. The van der Waals surface area contributed by atoms with Gasteiger partial charge in [0.05, 0.1) is 11.7 Å². The summed E-state index contributed by atoms with van der Waals surface area (Å²) in [6.07, 6.45) is -0.0837. The minimum atomic E-state index is -0.310. The van der Waals surface area contributed by atoms with Crippen LogP contribution in [0, 0.1) is 5.92 Å². The molecule has 2 nitrogen and oxygen atoms in total. The first-order valence-electron chi connectivity index (χ1n) is 4.10. The number of hydrogen-bond donors (Lipinski definition) is 0. The minimum Gasteiger partial charge on any atom is -0.459 e. The summed E-state index contributed by atoms with van der Waals surface area (Å²) in [6, 6.07) is 0. The largest absolute Gasteiger partial charge is 0.459 e. The lowest BCUT2D eigenvalue weighted by Gasteiger charge is -2.10. The Kier molecular flexibility index (Phi) is 4.38. The van der Waals surface area contributed by atoms with Crippen LogP contribution in [0.2, 0.25) is 0 Å². The van der Waals surface area contributed by atoms with E-state index in [0.29, 0.717) is 5.57 Å². The van der Waals surface area contributed by atoms with Crippen LogP contribution in [0.15, 0.2) is 17.9 Å². The van der Waals surface area contributed by atoms with Crippen molar-refractivity contribution in [2.45, 2.75) is 33.8 Å². The van der Waals surface area contributed by atoms with Gasteiger partial charge >= 0.3 is 5.97 Å². The smallest absolute Gasteiger partial charge is 0.342 e. The van der Waals surface area contributed by atoms with Crippen molar-refractivity contribution in [3.05, 3.63) is 17.9 Å². The van der Waals surface area contributed by atoms with Gasteiger partial charge in [-0.15, -0.1) is 5.73 Å². The van der Waals surface area contributed by atoms with E-state index >= 15 is 0 Å². The minimum absolute atomic E-state index is 0.0837. The second-order valence-corrected chi connectivity index (χ2v) is 3.20. The summed E-state index contributed by atoms with van der Waals surface area (Å²) in [5.41, 5.74) is 3.12. The van der Waals surface area contributed by atoms with Gasteiger partial charge in [-0.25, -0.2) is 4.79 Å². The van der Waals surface area contributed by atoms with Crippen molar-refractivity contribution < 1.29 is 9.53 Å². The second-order valence-electron chi connectivity index (χ2n) is 3.20. The third kappa shape index (κ3) is 3.40. The summed E-state index contributed by atoms with van der Waals surface area (Å²) in [6.45, 7) is 10.9. The Balaban J connectivity index is 4.36. The molecule has 0 fully saturated rings. The molecular formula is C10H16O2. The van der Waals surface area contributed by atoms with Crippen LogP contribution in [0.1, 0.15) is 27.7 Å². The molecule has 0 bridgehead atoms. The molecular weight excluding hydrogens is 152 g/mol. The molecule has 0 aromatic carbocycles. The van der Waals surface area contributed by atoms with Gasteiger partial charge in [0.1, 0.15) is 0 Å². The average molecular weight is 168 g/mol. The van der Waals surface area contributed by atoms with Crippen LogP contribution in [0.3, 0.4) is 0 Å². The quantitative estimate of drug-likeness (QED) is 0.367. The monoisotopic (exact) mass is 168 g/mol. The highest BCUT2D eigenvalue weighted by Crippen LogP contribution is 2.10. The van der Waals surface area contributed by atoms with Crippen molar-refractivity contribution in [3.8, 4) is 0 Å². The number of carbonyl (C=O) groups is 1. The van der Waals surface area contributed by atoms with Gasteiger partial charge in [-0.05, 0) is 19.8 Å². The fraction of sp³-hybridized carbons (Fsp3) is 0.600. The fourth-order valence-corrected chi connectivity index (χ4v) is 0.790. The molecule has 0 aliphatic rings. The Bertz CT molecular complexity index is 208. The number of carbonyl (C=O) groups excluding carboxylic acids is 1. The average Bonchev–Trinajstić information content (AvgIpc) is 1.85. The van der Waals surface area contributed by atoms with Crippen molar-refractivity contribution in [3.63, 3.8) is 0 Å². The van der Waals surface area contributed by atoms with Crippen LogP contribution in [0.4, 0.5) is 0 Å². The lowest BCUT2D eigenvalue weighted by atomic mass is 10.1. The third-order valence-electron chi connectivity index (χ3n) is 1.33. The summed E-state index contributed by atoms with van der Waals surface area (Å²) in [7, 11) is 0. The maximum Gasteiger partial charge on any atom is 0.342 e. The summed E-state index contributed by atoms with van der Waals surface area (Å²) in [5, 5.41) is 0. The zero-order valence-corrected chi connectivity index (χ0v) is 8.18. The maximum absolute atomic E-state index is 11.3. The summed E-state index contributed by atoms with van der Waals surface area (Å²) in [5.74, 6) is -0.191. The van der Waals surface area contributed by atoms with Crippen molar-refractivity contribution in [2.24, 2.45) is 5.92 Å². The lowest BCUT2D eigenvalue weighted by molar-refractivity contribution is -0.143. The van der Waals surface area contributed by atoms with E-state index in [1.807, 2.05) is 27.7 Å². The molecule has 0 saturated heterocycles. The summed E-state index contributed by atoms with van der Waals surface area (Å²) < 4.78 is 4.99.